The summed E-state index contributed by atoms with van der Waals surface area (Å²) < 4.78 is 0. The molecule has 5 nitrogen and oxygen atoms in total. The van der Waals surface area contributed by atoms with Crippen LogP contribution in [0.3, 0.4) is 0 Å². The molecule has 1 aliphatic heterocycles. The Balaban J connectivity index is 1.78. The summed E-state index contributed by atoms with van der Waals surface area (Å²) in [7, 11) is 1.80. The molecule has 2 N–H and O–H groups in total. The fraction of sp³-hybridized carbons (Fsp3) is 0.579. The van der Waals surface area contributed by atoms with Crippen LogP contribution in [0.1, 0.15) is 37.8 Å². The molecule has 24 heavy (non-hydrogen) atoms. The van der Waals surface area contributed by atoms with Crippen molar-refractivity contribution in [3.8, 4) is 6.07 Å². The number of benzene rings is 1. The molecule has 0 spiro atoms. The summed E-state index contributed by atoms with van der Waals surface area (Å²) in [4.78, 5) is 6.87. The SMILES string of the molecule is CN=C(NCc1cccc(C#N)c1)NC1CCN(CC(C)C)CC1. The van der Waals surface area contributed by atoms with Crippen LogP contribution < -0.4 is 10.6 Å². The molecule has 1 aromatic carbocycles. The third-order valence-corrected chi connectivity index (χ3v) is 4.29. The van der Waals surface area contributed by atoms with Crippen LogP contribution in [0, 0.1) is 17.2 Å². The maximum atomic E-state index is 8.97. The Morgan fingerprint density at radius 2 is 2.12 bits per heavy atom. The van der Waals surface area contributed by atoms with Crippen LogP contribution in [0.4, 0.5) is 0 Å². The lowest BCUT2D eigenvalue weighted by Gasteiger charge is -2.34. The fourth-order valence-corrected chi connectivity index (χ4v) is 3.10. The molecule has 0 unspecified atom stereocenters. The number of nitriles is 1. The zero-order valence-corrected chi connectivity index (χ0v) is 15.0. The Bertz CT molecular complexity index is 580. The quantitative estimate of drug-likeness (QED) is 0.644. The highest BCUT2D eigenvalue weighted by Gasteiger charge is 2.20. The van der Waals surface area contributed by atoms with Gasteiger partial charge in [-0.05, 0) is 36.5 Å². The van der Waals surface area contributed by atoms with Gasteiger partial charge in [-0.25, -0.2) is 0 Å². The first-order chi connectivity index (χ1) is 11.6. The van der Waals surface area contributed by atoms with E-state index in [0.29, 0.717) is 18.2 Å². The highest BCUT2D eigenvalue weighted by atomic mass is 15.2. The third-order valence-electron chi connectivity index (χ3n) is 4.29. The van der Waals surface area contributed by atoms with E-state index in [1.54, 1.807) is 7.05 Å². The van der Waals surface area contributed by atoms with Gasteiger partial charge in [0.05, 0.1) is 11.6 Å². The van der Waals surface area contributed by atoms with Crippen molar-refractivity contribution in [2.45, 2.75) is 39.3 Å². The molecule has 1 aromatic rings. The van der Waals surface area contributed by atoms with E-state index in [1.165, 1.54) is 6.54 Å². The van der Waals surface area contributed by atoms with Gasteiger partial charge in [-0.2, -0.15) is 5.26 Å². The van der Waals surface area contributed by atoms with Crippen LogP contribution in [0.2, 0.25) is 0 Å². The Hall–Kier alpha value is -2.06. The van der Waals surface area contributed by atoms with Crippen molar-refractivity contribution in [2.24, 2.45) is 10.9 Å². The molecule has 1 heterocycles. The van der Waals surface area contributed by atoms with Gasteiger partial charge in [0.15, 0.2) is 5.96 Å². The topological polar surface area (TPSA) is 63.5 Å². The lowest BCUT2D eigenvalue weighted by atomic mass is 10.0. The highest BCUT2D eigenvalue weighted by Crippen LogP contribution is 2.12. The maximum absolute atomic E-state index is 8.97. The molecule has 0 atom stereocenters. The zero-order chi connectivity index (χ0) is 17.4. The molecule has 0 radical (unpaired) electrons. The Kier molecular flexibility index (Phi) is 7.07. The van der Waals surface area contributed by atoms with E-state index < -0.39 is 0 Å². The average molecular weight is 327 g/mol. The van der Waals surface area contributed by atoms with Gasteiger partial charge in [-0.3, -0.25) is 4.99 Å². The number of aliphatic imine (C=N–C) groups is 1. The van der Waals surface area contributed by atoms with Gasteiger partial charge in [0.2, 0.25) is 0 Å². The Morgan fingerprint density at radius 3 is 2.75 bits per heavy atom. The number of guanidine groups is 1. The monoisotopic (exact) mass is 327 g/mol. The minimum Gasteiger partial charge on any atom is -0.354 e. The van der Waals surface area contributed by atoms with Gasteiger partial charge in [0.25, 0.3) is 0 Å². The summed E-state index contributed by atoms with van der Waals surface area (Å²) in [6.07, 6.45) is 2.30. The maximum Gasteiger partial charge on any atom is 0.191 e. The minimum absolute atomic E-state index is 0.477. The molecule has 130 valence electrons. The summed E-state index contributed by atoms with van der Waals surface area (Å²) in [6, 6.07) is 10.3. The Morgan fingerprint density at radius 1 is 1.38 bits per heavy atom. The van der Waals surface area contributed by atoms with Gasteiger partial charge in [-0.1, -0.05) is 26.0 Å². The molecule has 0 amide bonds. The van der Waals surface area contributed by atoms with Gasteiger partial charge in [-0.15, -0.1) is 0 Å². The summed E-state index contributed by atoms with van der Waals surface area (Å²) in [5, 5.41) is 15.8. The molecule has 2 rings (SSSR count). The van der Waals surface area contributed by atoms with Crippen molar-refractivity contribution in [3.05, 3.63) is 35.4 Å². The second-order valence-corrected chi connectivity index (χ2v) is 6.85. The minimum atomic E-state index is 0.477. The standard InChI is InChI=1S/C19H29N5/c1-15(2)14-24-9-7-18(8-10-24)23-19(21-3)22-13-17-6-4-5-16(11-17)12-20/h4-6,11,15,18H,7-10,13-14H2,1-3H3,(H2,21,22,23). The van der Waals surface area contributed by atoms with Crippen LogP contribution >= 0.6 is 0 Å². The second kappa shape index (κ2) is 9.29. The van der Waals surface area contributed by atoms with E-state index in [0.717, 1.165) is 43.4 Å². The zero-order valence-electron chi connectivity index (χ0n) is 15.0. The van der Waals surface area contributed by atoms with E-state index >= 15 is 0 Å². The molecule has 0 saturated carbocycles. The molecule has 0 aliphatic carbocycles. The molecular weight excluding hydrogens is 298 g/mol. The third kappa shape index (κ3) is 5.86. The van der Waals surface area contributed by atoms with Gasteiger partial charge < -0.3 is 15.5 Å². The average Bonchev–Trinajstić information content (AvgIpc) is 2.59. The number of nitrogens with zero attached hydrogens (tertiary/aromatic N) is 3. The van der Waals surface area contributed by atoms with Gasteiger partial charge in [0, 0.05) is 39.3 Å². The number of hydrogen-bond acceptors (Lipinski definition) is 3. The van der Waals surface area contributed by atoms with Crippen molar-refractivity contribution in [1.82, 2.24) is 15.5 Å². The van der Waals surface area contributed by atoms with E-state index in [9.17, 15) is 0 Å². The van der Waals surface area contributed by atoms with Crippen molar-refractivity contribution >= 4 is 5.96 Å². The molecule has 1 fully saturated rings. The van der Waals surface area contributed by atoms with Crippen molar-refractivity contribution < 1.29 is 0 Å². The predicted molar refractivity (Wildman–Crippen MR) is 98.8 cm³/mol. The van der Waals surface area contributed by atoms with E-state index in [2.05, 4.69) is 40.4 Å². The first-order valence-corrected chi connectivity index (χ1v) is 8.79. The van der Waals surface area contributed by atoms with E-state index in [1.807, 2.05) is 24.3 Å². The van der Waals surface area contributed by atoms with Crippen molar-refractivity contribution in [2.75, 3.05) is 26.7 Å². The van der Waals surface area contributed by atoms with Crippen molar-refractivity contribution in [3.63, 3.8) is 0 Å². The number of hydrogen-bond donors (Lipinski definition) is 2. The molecule has 0 bridgehead atoms. The number of likely N-dealkylation sites (tertiary alicyclic amines) is 1. The van der Waals surface area contributed by atoms with Crippen LogP contribution in [0.25, 0.3) is 0 Å². The number of nitrogens with one attached hydrogen (secondary N) is 2. The fourth-order valence-electron chi connectivity index (χ4n) is 3.10. The Labute approximate surface area is 145 Å². The molecular formula is C19H29N5. The number of rotatable bonds is 5. The van der Waals surface area contributed by atoms with Crippen molar-refractivity contribution in [1.29, 1.82) is 5.26 Å². The smallest absolute Gasteiger partial charge is 0.191 e. The summed E-state index contributed by atoms with van der Waals surface area (Å²) in [5.74, 6) is 1.56. The predicted octanol–water partition coefficient (Wildman–Crippen LogP) is 2.34. The molecule has 5 heteroatoms. The van der Waals surface area contributed by atoms with E-state index in [-0.39, 0.29) is 0 Å². The largest absolute Gasteiger partial charge is 0.354 e. The highest BCUT2D eigenvalue weighted by molar-refractivity contribution is 5.79. The summed E-state index contributed by atoms with van der Waals surface area (Å²) in [6.45, 7) is 8.71. The van der Waals surface area contributed by atoms with Gasteiger partial charge in [0.1, 0.15) is 0 Å². The first kappa shape index (κ1) is 18.3. The summed E-state index contributed by atoms with van der Waals surface area (Å²) in [5.41, 5.74) is 1.78. The second-order valence-electron chi connectivity index (χ2n) is 6.85. The first-order valence-electron chi connectivity index (χ1n) is 8.79. The normalized spacial score (nSPS) is 16.9. The summed E-state index contributed by atoms with van der Waals surface area (Å²) >= 11 is 0. The van der Waals surface area contributed by atoms with Gasteiger partial charge >= 0.3 is 0 Å². The lowest BCUT2D eigenvalue weighted by Crippen LogP contribution is -2.48. The molecule has 1 aliphatic rings. The van der Waals surface area contributed by atoms with Crippen LogP contribution in [-0.2, 0) is 6.54 Å². The van der Waals surface area contributed by atoms with Crippen LogP contribution in [0.5, 0.6) is 0 Å². The lowest BCUT2D eigenvalue weighted by molar-refractivity contribution is 0.187. The molecule has 0 aromatic heterocycles. The van der Waals surface area contributed by atoms with Crippen LogP contribution in [0.15, 0.2) is 29.3 Å². The van der Waals surface area contributed by atoms with Crippen LogP contribution in [-0.4, -0.2) is 43.6 Å². The number of piperidine rings is 1. The van der Waals surface area contributed by atoms with E-state index in [4.69, 9.17) is 5.26 Å². The molecule has 1 saturated heterocycles.